The SMILES string of the molecule is O[C@@H]1[C@@H](O)[C@H](F)O[C@H](O)[C@H]1O. The van der Waals surface area contributed by atoms with Gasteiger partial charge in [-0.25, -0.2) is 4.39 Å². The van der Waals surface area contributed by atoms with Gasteiger partial charge >= 0.3 is 0 Å². The number of rotatable bonds is 0. The molecule has 0 aromatic carbocycles. The van der Waals surface area contributed by atoms with Crippen LogP contribution in [0.5, 0.6) is 0 Å². The third kappa shape index (κ3) is 1.49. The minimum atomic E-state index is -2.16. The Labute approximate surface area is 61.6 Å². The van der Waals surface area contributed by atoms with Crippen molar-refractivity contribution < 1.29 is 29.6 Å². The first-order valence-electron chi connectivity index (χ1n) is 3.06. The lowest BCUT2D eigenvalue weighted by atomic mass is 10.1. The van der Waals surface area contributed by atoms with Crippen LogP contribution in [0.25, 0.3) is 0 Å². The van der Waals surface area contributed by atoms with E-state index in [1.165, 1.54) is 0 Å². The van der Waals surface area contributed by atoms with Crippen molar-refractivity contribution in [1.29, 1.82) is 0 Å². The van der Waals surface area contributed by atoms with Gasteiger partial charge in [-0.2, -0.15) is 0 Å². The number of aliphatic hydroxyl groups is 4. The number of aliphatic hydroxyl groups excluding tert-OH is 4. The van der Waals surface area contributed by atoms with Gasteiger partial charge in [0, 0.05) is 0 Å². The summed E-state index contributed by atoms with van der Waals surface area (Å²) in [6.07, 6.45) is -9.15. The number of ether oxygens (including phenoxy) is 1. The summed E-state index contributed by atoms with van der Waals surface area (Å²) in [5.41, 5.74) is 0. The molecule has 0 unspecified atom stereocenters. The van der Waals surface area contributed by atoms with E-state index in [1.54, 1.807) is 0 Å². The van der Waals surface area contributed by atoms with Crippen LogP contribution in [0.4, 0.5) is 4.39 Å². The largest absolute Gasteiger partial charge is 0.387 e. The second kappa shape index (κ2) is 3.00. The second-order valence-electron chi connectivity index (χ2n) is 2.35. The Morgan fingerprint density at radius 2 is 1.45 bits per heavy atom. The molecule has 1 heterocycles. The summed E-state index contributed by atoms with van der Waals surface area (Å²) < 4.78 is 16.4. The highest BCUT2D eigenvalue weighted by molar-refractivity contribution is 4.83. The monoisotopic (exact) mass is 168 g/mol. The fourth-order valence-electron chi connectivity index (χ4n) is 0.820. The van der Waals surface area contributed by atoms with Gasteiger partial charge in [-0.15, -0.1) is 0 Å². The van der Waals surface area contributed by atoms with Gasteiger partial charge in [-0.3, -0.25) is 0 Å². The maximum Gasteiger partial charge on any atom is 0.230 e. The Morgan fingerprint density at radius 1 is 0.909 bits per heavy atom. The van der Waals surface area contributed by atoms with Gasteiger partial charge in [-0.05, 0) is 0 Å². The standard InChI is InChI=1S/C5H9FO5/c6-4-2(8)1(7)3(9)5(10)11-4/h1-5,7-10H/t1-,2-,3+,4-,5+/m1/s1. The summed E-state index contributed by atoms with van der Waals surface area (Å²) in [6.45, 7) is 0. The fourth-order valence-corrected chi connectivity index (χ4v) is 0.820. The summed E-state index contributed by atoms with van der Waals surface area (Å²) >= 11 is 0. The quantitative estimate of drug-likeness (QED) is 0.327. The summed E-state index contributed by atoms with van der Waals surface area (Å²) in [5.74, 6) is 0. The van der Waals surface area contributed by atoms with Gasteiger partial charge in [0.1, 0.15) is 18.3 Å². The Morgan fingerprint density at radius 3 is 2.00 bits per heavy atom. The minimum absolute atomic E-state index is 1.67. The molecule has 1 fully saturated rings. The van der Waals surface area contributed by atoms with Crippen molar-refractivity contribution in [3.8, 4) is 0 Å². The van der Waals surface area contributed by atoms with Gasteiger partial charge in [0.2, 0.25) is 6.36 Å². The molecule has 4 N–H and O–H groups in total. The zero-order valence-corrected chi connectivity index (χ0v) is 5.46. The number of hydrogen-bond acceptors (Lipinski definition) is 5. The molecule has 11 heavy (non-hydrogen) atoms. The number of hydrogen-bond donors (Lipinski definition) is 4. The van der Waals surface area contributed by atoms with E-state index in [1.807, 2.05) is 0 Å². The van der Waals surface area contributed by atoms with Crippen LogP contribution >= 0.6 is 0 Å². The minimum Gasteiger partial charge on any atom is -0.387 e. The molecule has 5 nitrogen and oxygen atoms in total. The molecule has 66 valence electrons. The first-order chi connectivity index (χ1) is 5.04. The average molecular weight is 168 g/mol. The normalized spacial score (nSPS) is 52.6. The maximum atomic E-state index is 12.3. The zero-order valence-electron chi connectivity index (χ0n) is 5.46. The predicted molar refractivity (Wildman–Crippen MR) is 30.0 cm³/mol. The van der Waals surface area contributed by atoms with Crippen LogP contribution in [0, 0.1) is 0 Å². The van der Waals surface area contributed by atoms with Crippen molar-refractivity contribution in [3.63, 3.8) is 0 Å². The summed E-state index contributed by atoms with van der Waals surface area (Å²) in [6, 6.07) is 0. The molecule has 0 aromatic rings. The van der Waals surface area contributed by atoms with E-state index < -0.39 is 31.0 Å². The third-order valence-electron chi connectivity index (χ3n) is 1.53. The topological polar surface area (TPSA) is 90.2 Å². The molecule has 0 bridgehead atoms. The van der Waals surface area contributed by atoms with Crippen molar-refractivity contribution >= 4 is 0 Å². The van der Waals surface area contributed by atoms with Crippen LogP contribution < -0.4 is 0 Å². The van der Waals surface area contributed by atoms with Crippen molar-refractivity contribution in [1.82, 2.24) is 0 Å². The molecule has 0 amide bonds. The van der Waals surface area contributed by atoms with E-state index in [0.29, 0.717) is 0 Å². The molecule has 0 saturated carbocycles. The number of halogens is 1. The summed E-state index contributed by atoms with van der Waals surface area (Å²) in [4.78, 5) is 0. The first-order valence-corrected chi connectivity index (χ1v) is 3.06. The van der Waals surface area contributed by atoms with Crippen molar-refractivity contribution in [2.45, 2.75) is 31.0 Å². The van der Waals surface area contributed by atoms with Crippen LogP contribution in [-0.2, 0) is 4.74 Å². The molecular formula is C5H9FO5. The van der Waals surface area contributed by atoms with Crippen molar-refractivity contribution in [2.24, 2.45) is 0 Å². The lowest BCUT2D eigenvalue weighted by Crippen LogP contribution is -2.56. The smallest absolute Gasteiger partial charge is 0.230 e. The molecule has 0 aliphatic carbocycles. The Kier molecular flexibility index (Phi) is 2.40. The average Bonchev–Trinajstić information content (AvgIpc) is 1.97. The molecule has 1 saturated heterocycles. The third-order valence-corrected chi connectivity index (χ3v) is 1.53. The Hall–Kier alpha value is -0.270. The van der Waals surface area contributed by atoms with Crippen LogP contribution in [-0.4, -0.2) is 51.4 Å². The van der Waals surface area contributed by atoms with E-state index in [9.17, 15) is 4.39 Å². The van der Waals surface area contributed by atoms with E-state index in [0.717, 1.165) is 0 Å². The van der Waals surface area contributed by atoms with E-state index in [2.05, 4.69) is 4.74 Å². The van der Waals surface area contributed by atoms with Gasteiger partial charge in [0.15, 0.2) is 6.29 Å². The molecule has 0 aromatic heterocycles. The molecule has 1 rings (SSSR count). The van der Waals surface area contributed by atoms with E-state index >= 15 is 0 Å². The fraction of sp³-hybridized carbons (Fsp3) is 1.00. The highest BCUT2D eigenvalue weighted by atomic mass is 19.1. The molecule has 1 aliphatic rings. The van der Waals surface area contributed by atoms with Crippen molar-refractivity contribution in [3.05, 3.63) is 0 Å². The first kappa shape index (κ1) is 8.82. The molecule has 6 heteroatoms. The predicted octanol–water partition coefficient (Wildman–Crippen LogP) is -2.29. The molecule has 1 aliphatic heterocycles. The molecule has 0 spiro atoms. The van der Waals surface area contributed by atoms with Gasteiger partial charge in [0.05, 0.1) is 0 Å². The van der Waals surface area contributed by atoms with Gasteiger partial charge in [0.25, 0.3) is 0 Å². The lowest BCUT2D eigenvalue weighted by molar-refractivity contribution is -0.309. The van der Waals surface area contributed by atoms with Crippen LogP contribution in [0.3, 0.4) is 0 Å². The molecule has 0 radical (unpaired) electrons. The second-order valence-corrected chi connectivity index (χ2v) is 2.35. The maximum absolute atomic E-state index is 12.3. The lowest BCUT2D eigenvalue weighted by Gasteiger charge is -2.34. The Balaban J connectivity index is 2.63. The molecule has 5 atom stereocenters. The van der Waals surface area contributed by atoms with Crippen LogP contribution in [0.2, 0.25) is 0 Å². The van der Waals surface area contributed by atoms with Gasteiger partial charge in [-0.1, -0.05) is 0 Å². The Bertz CT molecular complexity index is 129. The van der Waals surface area contributed by atoms with E-state index in [4.69, 9.17) is 20.4 Å². The zero-order chi connectivity index (χ0) is 8.59. The van der Waals surface area contributed by atoms with E-state index in [-0.39, 0.29) is 0 Å². The van der Waals surface area contributed by atoms with Crippen LogP contribution in [0.15, 0.2) is 0 Å². The summed E-state index contributed by atoms with van der Waals surface area (Å²) in [5, 5.41) is 35.0. The van der Waals surface area contributed by atoms with Gasteiger partial charge < -0.3 is 25.2 Å². The number of alkyl halides is 1. The highest BCUT2D eigenvalue weighted by Gasteiger charge is 2.43. The highest BCUT2D eigenvalue weighted by Crippen LogP contribution is 2.19. The van der Waals surface area contributed by atoms with Crippen molar-refractivity contribution in [2.75, 3.05) is 0 Å². The summed E-state index contributed by atoms with van der Waals surface area (Å²) in [7, 11) is 0. The van der Waals surface area contributed by atoms with Crippen LogP contribution in [0.1, 0.15) is 0 Å². The molecular weight excluding hydrogens is 159 g/mol.